The molecule has 1 aliphatic rings. The Hall–Kier alpha value is -2.02. The first-order valence-electron chi connectivity index (χ1n) is 7.66. The lowest BCUT2D eigenvalue weighted by atomic mass is 10.1. The molecule has 1 aliphatic heterocycles. The van der Waals surface area contributed by atoms with Gasteiger partial charge in [0, 0.05) is 17.9 Å². The molecule has 1 fully saturated rings. The summed E-state index contributed by atoms with van der Waals surface area (Å²) >= 11 is 1.63. The standard InChI is InChI=1S/C17H17N3O2S/c1-2-5-14-13(4-1)16(20-22-11-12-7-8-21-10-12)19-17(18-14)15-6-3-9-23-15/h1-6,9,12H,7-8,10-11H2,(H,18,19,20). The van der Waals surface area contributed by atoms with Crippen molar-refractivity contribution in [2.24, 2.45) is 5.92 Å². The molecule has 0 amide bonds. The molecule has 0 bridgehead atoms. The van der Waals surface area contributed by atoms with Crippen LogP contribution in [0.2, 0.25) is 0 Å². The topological polar surface area (TPSA) is 56.3 Å². The predicted octanol–water partition coefficient (Wildman–Crippen LogP) is 3.74. The fourth-order valence-electron chi connectivity index (χ4n) is 2.61. The summed E-state index contributed by atoms with van der Waals surface area (Å²) in [6.45, 7) is 2.21. The van der Waals surface area contributed by atoms with Gasteiger partial charge in [-0.05, 0) is 30.0 Å². The summed E-state index contributed by atoms with van der Waals surface area (Å²) < 4.78 is 5.37. The Balaban J connectivity index is 1.60. The highest BCUT2D eigenvalue weighted by Crippen LogP contribution is 2.27. The van der Waals surface area contributed by atoms with Crippen molar-refractivity contribution in [1.29, 1.82) is 0 Å². The van der Waals surface area contributed by atoms with Crippen molar-refractivity contribution >= 4 is 28.1 Å². The lowest BCUT2D eigenvalue weighted by molar-refractivity contribution is 0.126. The molecule has 0 saturated carbocycles. The smallest absolute Gasteiger partial charge is 0.172 e. The van der Waals surface area contributed by atoms with E-state index in [0.29, 0.717) is 24.2 Å². The van der Waals surface area contributed by atoms with Gasteiger partial charge in [0.15, 0.2) is 11.6 Å². The number of thiophene rings is 1. The normalized spacial score (nSPS) is 17.7. The minimum atomic E-state index is 0.451. The third-order valence-electron chi connectivity index (χ3n) is 3.86. The highest BCUT2D eigenvalue weighted by atomic mass is 32.1. The van der Waals surface area contributed by atoms with Crippen molar-refractivity contribution in [3.05, 3.63) is 41.8 Å². The van der Waals surface area contributed by atoms with Gasteiger partial charge < -0.3 is 4.74 Å². The molecule has 118 valence electrons. The molecule has 1 unspecified atom stereocenters. The summed E-state index contributed by atoms with van der Waals surface area (Å²) in [7, 11) is 0. The second-order valence-corrected chi connectivity index (χ2v) is 6.48. The zero-order chi connectivity index (χ0) is 15.5. The number of anilines is 1. The Bertz CT molecular complexity index is 786. The zero-order valence-electron chi connectivity index (χ0n) is 12.6. The van der Waals surface area contributed by atoms with Crippen LogP contribution in [0.15, 0.2) is 41.8 Å². The summed E-state index contributed by atoms with van der Waals surface area (Å²) in [6, 6.07) is 12.0. The largest absolute Gasteiger partial charge is 0.381 e. The quantitative estimate of drug-likeness (QED) is 0.724. The van der Waals surface area contributed by atoms with Crippen LogP contribution in [0, 0.1) is 5.92 Å². The number of hydrogen-bond acceptors (Lipinski definition) is 6. The molecule has 6 heteroatoms. The van der Waals surface area contributed by atoms with Crippen molar-refractivity contribution in [2.45, 2.75) is 6.42 Å². The second kappa shape index (κ2) is 6.62. The molecule has 3 aromatic rings. The Kier molecular flexibility index (Phi) is 4.19. The SMILES string of the molecule is c1csc(-c2nc(NOCC3CCOC3)c3ccccc3n2)c1. The van der Waals surface area contributed by atoms with E-state index >= 15 is 0 Å². The molecule has 3 heterocycles. The van der Waals surface area contributed by atoms with Gasteiger partial charge >= 0.3 is 0 Å². The second-order valence-electron chi connectivity index (χ2n) is 5.53. The van der Waals surface area contributed by atoms with Crippen molar-refractivity contribution in [2.75, 3.05) is 25.3 Å². The molecular formula is C17H17N3O2S. The first-order chi connectivity index (χ1) is 11.4. The van der Waals surface area contributed by atoms with Crippen LogP contribution < -0.4 is 5.48 Å². The van der Waals surface area contributed by atoms with Crippen LogP contribution in [0.4, 0.5) is 5.82 Å². The minimum Gasteiger partial charge on any atom is -0.381 e. The molecular weight excluding hydrogens is 310 g/mol. The van der Waals surface area contributed by atoms with Crippen LogP contribution in [0.3, 0.4) is 0 Å². The lowest BCUT2D eigenvalue weighted by Gasteiger charge is -2.12. The Morgan fingerprint density at radius 2 is 2.17 bits per heavy atom. The molecule has 0 spiro atoms. The van der Waals surface area contributed by atoms with Gasteiger partial charge in [-0.15, -0.1) is 11.3 Å². The summed E-state index contributed by atoms with van der Waals surface area (Å²) in [5, 5.41) is 2.98. The van der Waals surface area contributed by atoms with Gasteiger partial charge in [0.1, 0.15) is 0 Å². The Morgan fingerprint density at radius 1 is 1.22 bits per heavy atom. The number of fused-ring (bicyclic) bond motifs is 1. The third kappa shape index (κ3) is 3.19. The molecule has 2 aromatic heterocycles. The summed E-state index contributed by atoms with van der Waals surface area (Å²) in [4.78, 5) is 16.0. The fraction of sp³-hybridized carbons (Fsp3) is 0.294. The first-order valence-corrected chi connectivity index (χ1v) is 8.54. The zero-order valence-corrected chi connectivity index (χ0v) is 13.4. The van der Waals surface area contributed by atoms with Gasteiger partial charge in [-0.3, -0.25) is 4.84 Å². The average molecular weight is 327 g/mol. The number of aromatic nitrogens is 2. The monoisotopic (exact) mass is 327 g/mol. The van der Waals surface area contributed by atoms with Crippen LogP contribution in [-0.4, -0.2) is 29.8 Å². The van der Waals surface area contributed by atoms with Gasteiger partial charge in [0.2, 0.25) is 0 Å². The molecule has 1 aromatic carbocycles. The number of para-hydroxylation sites is 1. The Labute approximate surface area is 138 Å². The number of rotatable bonds is 5. The molecule has 5 nitrogen and oxygen atoms in total. The average Bonchev–Trinajstić information content (AvgIpc) is 3.28. The maximum atomic E-state index is 5.67. The van der Waals surface area contributed by atoms with Crippen molar-refractivity contribution in [1.82, 2.24) is 9.97 Å². The summed E-state index contributed by atoms with van der Waals surface area (Å²) in [5.74, 6) is 1.87. The summed E-state index contributed by atoms with van der Waals surface area (Å²) in [5.41, 5.74) is 3.92. The highest BCUT2D eigenvalue weighted by Gasteiger charge is 2.16. The van der Waals surface area contributed by atoms with E-state index in [9.17, 15) is 0 Å². The van der Waals surface area contributed by atoms with Gasteiger partial charge in [0.25, 0.3) is 0 Å². The van der Waals surface area contributed by atoms with Crippen molar-refractivity contribution < 1.29 is 9.57 Å². The van der Waals surface area contributed by atoms with E-state index in [4.69, 9.17) is 9.57 Å². The van der Waals surface area contributed by atoms with Gasteiger partial charge in [-0.2, -0.15) is 0 Å². The van der Waals surface area contributed by atoms with Gasteiger partial charge in [-0.25, -0.2) is 15.4 Å². The van der Waals surface area contributed by atoms with E-state index in [1.54, 1.807) is 11.3 Å². The van der Waals surface area contributed by atoms with E-state index in [-0.39, 0.29) is 0 Å². The molecule has 0 radical (unpaired) electrons. The minimum absolute atomic E-state index is 0.451. The number of nitrogens with zero attached hydrogens (tertiary/aromatic N) is 2. The maximum absolute atomic E-state index is 5.67. The van der Waals surface area contributed by atoms with E-state index in [2.05, 4.69) is 15.4 Å². The lowest BCUT2D eigenvalue weighted by Crippen LogP contribution is -2.14. The molecule has 1 atom stereocenters. The fourth-order valence-corrected chi connectivity index (χ4v) is 3.27. The van der Waals surface area contributed by atoms with E-state index in [0.717, 1.165) is 35.4 Å². The van der Waals surface area contributed by atoms with E-state index in [1.807, 2.05) is 41.8 Å². The van der Waals surface area contributed by atoms with Crippen LogP contribution >= 0.6 is 11.3 Å². The Morgan fingerprint density at radius 3 is 3.00 bits per heavy atom. The molecule has 1 N–H and O–H groups in total. The number of hydrogen-bond donors (Lipinski definition) is 1. The van der Waals surface area contributed by atoms with Crippen molar-refractivity contribution in [3.8, 4) is 10.7 Å². The number of nitrogens with one attached hydrogen (secondary N) is 1. The van der Waals surface area contributed by atoms with Crippen LogP contribution in [0.5, 0.6) is 0 Å². The van der Waals surface area contributed by atoms with Crippen LogP contribution in [0.1, 0.15) is 6.42 Å². The van der Waals surface area contributed by atoms with Crippen LogP contribution in [0.25, 0.3) is 21.6 Å². The molecule has 4 rings (SSSR count). The highest BCUT2D eigenvalue weighted by molar-refractivity contribution is 7.13. The third-order valence-corrected chi connectivity index (χ3v) is 4.72. The number of ether oxygens (including phenoxy) is 1. The van der Waals surface area contributed by atoms with Gasteiger partial charge in [-0.1, -0.05) is 18.2 Å². The molecule has 0 aliphatic carbocycles. The summed E-state index contributed by atoms with van der Waals surface area (Å²) in [6.07, 6.45) is 1.05. The predicted molar refractivity (Wildman–Crippen MR) is 91.4 cm³/mol. The maximum Gasteiger partial charge on any atom is 0.172 e. The van der Waals surface area contributed by atoms with Crippen LogP contribution in [-0.2, 0) is 9.57 Å². The molecule has 1 saturated heterocycles. The first kappa shape index (κ1) is 14.6. The van der Waals surface area contributed by atoms with Gasteiger partial charge in [0.05, 0.1) is 23.6 Å². The van der Waals surface area contributed by atoms with Crippen molar-refractivity contribution in [3.63, 3.8) is 0 Å². The van der Waals surface area contributed by atoms with E-state index in [1.165, 1.54) is 0 Å². The van der Waals surface area contributed by atoms with E-state index < -0.39 is 0 Å². The number of benzene rings is 1. The molecule has 23 heavy (non-hydrogen) atoms.